The number of nitrogen functional groups attached to an aromatic ring is 1. The Morgan fingerprint density at radius 1 is 1.17 bits per heavy atom. The van der Waals surface area contributed by atoms with Crippen LogP contribution in [-0.4, -0.2) is 23.4 Å². The van der Waals surface area contributed by atoms with Crippen LogP contribution < -0.4 is 5.73 Å². The van der Waals surface area contributed by atoms with Gasteiger partial charge in [0, 0.05) is 23.8 Å². The number of nitrogens with zero attached hydrogens (tertiary/aromatic N) is 1. The van der Waals surface area contributed by atoms with E-state index < -0.39 is 0 Å². The molecule has 1 atom stereocenters. The van der Waals surface area contributed by atoms with Gasteiger partial charge in [0.2, 0.25) is 0 Å². The molecule has 1 heterocycles. The summed E-state index contributed by atoms with van der Waals surface area (Å²) in [5, 5.41) is 0. The van der Waals surface area contributed by atoms with Crippen LogP contribution in [0.15, 0.2) is 42.5 Å². The van der Waals surface area contributed by atoms with Crippen molar-refractivity contribution in [2.75, 3.05) is 12.3 Å². The molecule has 1 amide bonds. The minimum Gasteiger partial charge on any atom is -0.399 e. The fraction of sp³-hybridized carbons (Fsp3) is 0.350. The van der Waals surface area contributed by atoms with Gasteiger partial charge >= 0.3 is 0 Å². The summed E-state index contributed by atoms with van der Waals surface area (Å²) in [5.41, 5.74) is 10.8. The summed E-state index contributed by atoms with van der Waals surface area (Å²) in [6.45, 7) is 4.90. The molecule has 3 rings (SSSR count). The third kappa shape index (κ3) is 3.90. The zero-order valence-corrected chi connectivity index (χ0v) is 15.1. The van der Waals surface area contributed by atoms with Crippen LogP contribution in [-0.2, 0) is 6.42 Å². The Bertz CT molecular complexity index is 712. The molecule has 1 fully saturated rings. The number of carbonyl (C=O) groups excluding carboxylic acids is 1. The van der Waals surface area contributed by atoms with E-state index in [4.69, 9.17) is 5.73 Å². The molecule has 24 heavy (non-hydrogen) atoms. The van der Waals surface area contributed by atoms with Crippen LogP contribution in [0.2, 0.25) is 0 Å². The van der Waals surface area contributed by atoms with Gasteiger partial charge in [0.1, 0.15) is 0 Å². The summed E-state index contributed by atoms with van der Waals surface area (Å²) in [6.07, 6.45) is 3.07. The van der Waals surface area contributed by atoms with Gasteiger partial charge in [-0.2, -0.15) is 0 Å². The Morgan fingerprint density at radius 2 is 1.88 bits per heavy atom. The van der Waals surface area contributed by atoms with E-state index in [-0.39, 0.29) is 24.4 Å². The lowest BCUT2D eigenvalue weighted by atomic mass is 10.0. The second-order valence-corrected chi connectivity index (χ2v) is 6.56. The Balaban J connectivity index is 0.00000208. The van der Waals surface area contributed by atoms with E-state index in [0.717, 1.165) is 36.9 Å². The summed E-state index contributed by atoms with van der Waals surface area (Å²) < 4.78 is 0. The average Bonchev–Trinajstić information content (AvgIpc) is 2.99. The number of rotatable bonds is 3. The maximum atomic E-state index is 12.9. The highest BCUT2D eigenvalue weighted by Crippen LogP contribution is 2.25. The van der Waals surface area contributed by atoms with Gasteiger partial charge in [-0.25, -0.2) is 0 Å². The summed E-state index contributed by atoms with van der Waals surface area (Å²) in [6, 6.07) is 14.5. The van der Waals surface area contributed by atoms with Gasteiger partial charge in [-0.15, -0.1) is 12.4 Å². The summed E-state index contributed by atoms with van der Waals surface area (Å²) >= 11 is 0. The van der Waals surface area contributed by atoms with Crippen LogP contribution in [0.5, 0.6) is 0 Å². The van der Waals surface area contributed by atoms with Crippen LogP contribution >= 0.6 is 12.4 Å². The first kappa shape index (κ1) is 18.3. The molecule has 0 aromatic heterocycles. The van der Waals surface area contributed by atoms with Gasteiger partial charge in [-0.3, -0.25) is 4.79 Å². The highest BCUT2D eigenvalue weighted by atomic mass is 35.5. The molecule has 0 bridgehead atoms. The molecule has 1 aliphatic heterocycles. The van der Waals surface area contributed by atoms with Gasteiger partial charge < -0.3 is 10.6 Å². The first-order valence-electron chi connectivity index (χ1n) is 8.27. The number of benzene rings is 2. The normalized spacial score (nSPS) is 16.8. The maximum absolute atomic E-state index is 12.9. The fourth-order valence-corrected chi connectivity index (χ4v) is 3.34. The van der Waals surface area contributed by atoms with Gasteiger partial charge in [0.25, 0.3) is 5.91 Å². The first-order chi connectivity index (χ1) is 11.0. The van der Waals surface area contributed by atoms with E-state index >= 15 is 0 Å². The van der Waals surface area contributed by atoms with Crippen molar-refractivity contribution in [3.05, 3.63) is 64.7 Å². The van der Waals surface area contributed by atoms with Crippen LogP contribution in [0.1, 0.15) is 39.9 Å². The van der Waals surface area contributed by atoms with Gasteiger partial charge in [0.15, 0.2) is 0 Å². The fourth-order valence-electron chi connectivity index (χ4n) is 3.34. The standard InChI is InChI=1S/C20H24N2O.ClH/c1-14-5-8-16(9-6-14)12-18-4-3-11-22(18)20(23)19-13-17(21)10-7-15(19)2;/h5-10,13,18H,3-4,11-12,21H2,1-2H3;1H. The number of halogens is 1. The molecule has 1 unspecified atom stereocenters. The Kier molecular flexibility index (Phi) is 5.89. The van der Waals surface area contributed by atoms with Crippen molar-refractivity contribution in [2.24, 2.45) is 0 Å². The molecule has 2 aromatic carbocycles. The van der Waals surface area contributed by atoms with E-state index in [1.165, 1.54) is 11.1 Å². The molecule has 3 nitrogen and oxygen atoms in total. The summed E-state index contributed by atoms with van der Waals surface area (Å²) in [5.74, 6) is 0.115. The lowest BCUT2D eigenvalue weighted by Crippen LogP contribution is -2.37. The van der Waals surface area contributed by atoms with E-state index in [9.17, 15) is 4.79 Å². The Labute approximate surface area is 150 Å². The van der Waals surface area contributed by atoms with Crippen molar-refractivity contribution in [3.8, 4) is 0 Å². The number of hydrogen-bond donors (Lipinski definition) is 1. The number of likely N-dealkylation sites (tertiary alicyclic amines) is 1. The van der Waals surface area contributed by atoms with Gasteiger partial charge in [0.05, 0.1) is 0 Å². The molecule has 1 aliphatic rings. The second kappa shape index (κ2) is 7.71. The topological polar surface area (TPSA) is 46.3 Å². The van der Waals surface area contributed by atoms with Crippen molar-refractivity contribution in [1.29, 1.82) is 0 Å². The van der Waals surface area contributed by atoms with E-state index in [0.29, 0.717) is 5.69 Å². The lowest BCUT2D eigenvalue weighted by molar-refractivity contribution is 0.0736. The van der Waals surface area contributed by atoms with Crippen molar-refractivity contribution < 1.29 is 4.79 Å². The summed E-state index contributed by atoms with van der Waals surface area (Å²) in [4.78, 5) is 15.0. The third-order valence-electron chi connectivity index (χ3n) is 4.72. The quantitative estimate of drug-likeness (QED) is 0.850. The zero-order chi connectivity index (χ0) is 16.4. The van der Waals surface area contributed by atoms with Crippen LogP contribution in [0.4, 0.5) is 5.69 Å². The molecule has 2 N–H and O–H groups in total. The first-order valence-corrected chi connectivity index (χ1v) is 8.27. The molecule has 4 heteroatoms. The Hall–Kier alpha value is -2.00. The molecule has 0 aliphatic carbocycles. The average molecular weight is 345 g/mol. The molecule has 0 radical (unpaired) electrons. The SMILES string of the molecule is Cc1ccc(CC2CCCN2C(=O)c2cc(N)ccc2C)cc1.Cl. The number of aryl methyl sites for hydroxylation is 2. The van der Waals surface area contributed by atoms with Crippen molar-refractivity contribution in [2.45, 2.75) is 39.2 Å². The molecule has 2 aromatic rings. The molecule has 1 saturated heterocycles. The van der Waals surface area contributed by atoms with Crippen molar-refractivity contribution in [3.63, 3.8) is 0 Å². The van der Waals surface area contributed by atoms with Crippen LogP contribution in [0.25, 0.3) is 0 Å². The van der Waals surface area contributed by atoms with E-state index in [2.05, 4.69) is 31.2 Å². The zero-order valence-electron chi connectivity index (χ0n) is 14.3. The predicted molar refractivity (Wildman–Crippen MR) is 102 cm³/mol. The maximum Gasteiger partial charge on any atom is 0.254 e. The third-order valence-corrected chi connectivity index (χ3v) is 4.72. The number of anilines is 1. The minimum atomic E-state index is 0. The Morgan fingerprint density at radius 3 is 2.58 bits per heavy atom. The summed E-state index contributed by atoms with van der Waals surface area (Å²) in [7, 11) is 0. The minimum absolute atomic E-state index is 0. The van der Waals surface area contributed by atoms with Crippen LogP contribution in [0, 0.1) is 13.8 Å². The predicted octanol–water partition coefficient (Wildman–Crippen LogP) is 4.15. The molecule has 0 spiro atoms. The lowest BCUT2D eigenvalue weighted by Gasteiger charge is -2.26. The van der Waals surface area contributed by atoms with Crippen molar-refractivity contribution >= 4 is 24.0 Å². The molecular formula is C20H25ClN2O. The van der Waals surface area contributed by atoms with Gasteiger partial charge in [-0.1, -0.05) is 35.9 Å². The van der Waals surface area contributed by atoms with E-state index in [1.807, 2.05) is 24.0 Å². The highest BCUT2D eigenvalue weighted by Gasteiger charge is 2.30. The van der Waals surface area contributed by atoms with Crippen molar-refractivity contribution in [1.82, 2.24) is 4.90 Å². The monoisotopic (exact) mass is 344 g/mol. The largest absolute Gasteiger partial charge is 0.399 e. The molecular weight excluding hydrogens is 320 g/mol. The highest BCUT2D eigenvalue weighted by molar-refractivity contribution is 5.96. The number of carbonyl (C=O) groups is 1. The number of amides is 1. The van der Waals surface area contributed by atoms with E-state index in [1.54, 1.807) is 6.07 Å². The molecule has 128 valence electrons. The molecule has 0 saturated carbocycles. The number of hydrogen-bond acceptors (Lipinski definition) is 2. The van der Waals surface area contributed by atoms with Gasteiger partial charge in [-0.05, 0) is 56.4 Å². The number of nitrogens with two attached hydrogens (primary N) is 1. The second-order valence-electron chi connectivity index (χ2n) is 6.56. The van der Waals surface area contributed by atoms with Crippen LogP contribution in [0.3, 0.4) is 0 Å². The smallest absolute Gasteiger partial charge is 0.254 e.